The van der Waals surface area contributed by atoms with E-state index in [1.54, 1.807) is 0 Å². The van der Waals surface area contributed by atoms with Gasteiger partial charge in [0.15, 0.2) is 0 Å². The molecule has 2 nitrogen and oxygen atoms in total. The highest BCUT2D eigenvalue weighted by Crippen LogP contribution is 2.36. The number of nitrogens with one attached hydrogen (secondary N) is 1. The molecule has 3 rings (SSSR count). The summed E-state index contributed by atoms with van der Waals surface area (Å²) >= 11 is 0. The summed E-state index contributed by atoms with van der Waals surface area (Å²) in [6.07, 6.45) is 7.23. The normalized spacial score (nSPS) is 24.4. The molecule has 16 heavy (non-hydrogen) atoms. The van der Waals surface area contributed by atoms with Crippen LogP contribution in [0.1, 0.15) is 48.4 Å². The second kappa shape index (κ2) is 4.10. The van der Waals surface area contributed by atoms with Crippen LogP contribution in [0.2, 0.25) is 0 Å². The average Bonchev–Trinajstić information content (AvgIpc) is 2.83. The minimum absolute atomic E-state index is 0.511. The lowest BCUT2D eigenvalue weighted by molar-refractivity contribution is 0.460. The number of fused-ring (bicyclic) bond motifs is 1. The van der Waals surface area contributed by atoms with E-state index >= 15 is 0 Å². The van der Waals surface area contributed by atoms with Gasteiger partial charge in [0.1, 0.15) is 5.75 Å². The zero-order chi connectivity index (χ0) is 11.0. The van der Waals surface area contributed by atoms with E-state index in [0.717, 1.165) is 19.4 Å². The van der Waals surface area contributed by atoms with Crippen LogP contribution < -0.4 is 5.32 Å². The van der Waals surface area contributed by atoms with E-state index < -0.39 is 0 Å². The van der Waals surface area contributed by atoms with E-state index in [-0.39, 0.29) is 0 Å². The van der Waals surface area contributed by atoms with Crippen LogP contribution in [0.3, 0.4) is 0 Å². The Hall–Kier alpha value is -1.02. The van der Waals surface area contributed by atoms with Crippen molar-refractivity contribution in [2.24, 2.45) is 0 Å². The summed E-state index contributed by atoms with van der Waals surface area (Å²) in [5, 5.41) is 13.5. The minimum atomic E-state index is 0.511. The van der Waals surface area contributed by atoms with Gasteiger partial charge in [-0.15, -0.1) is 0 Å². The van der Waals surface area contributed by atoms with Gasteiger partial charge in [0.05, 0.1) is 0 Å². The van der Waals surface area contributed by atoms with Crippen molar-refractivity contribution in [2.45, 2.75) is 44.6 Å². The smallest absolute Gasteiger partial charge is 0.119 e. The van der Waals surface area contributed by atoms with Gasteiger partial charge in [-0.3, -0.25) is 0 Å². The zero-order valence-electron chi connectivity index (χ0n) is 9.63. The number of phenolic OH excluding ortho intramolecular Hbond substituents is 1. The van der Waals surface area contributed by atoms with Crippen LogP contribution in [0, 0.1) is 0 Å². The van der Waals surface area contributed by atoms with Gasteiger partial charge in [0, 0.05) is 6.04 Å². The summed E-state index contributed by atoms with van der Waals surface area (Å²) in [4.78, 5) is 0. The first kappa shape index (κ1) is 10.2. The predicted octanol–water partition coefficient (Wildman–Crippen LogP) is 2.70. The number of hydrogen-bond acceptors (Lipinski definition) is 2. The lowest BCUT2D eigenvalue weighted by Gasteiger charge is -2.23. The molecule has 1 heterocycles. The van der Waals surface area contributed by atoms with Crippen LogP contribution in [-0.4, -0.2) is 11.7 Å². The second-order valence-corrected chi connectivity index (χ2v) is 4.99. The Balaban J connectivity index is 2.04. The fourth-order valence-electron chi connectivity index (χ4n) is 3.15. The van der Waals surface area contributed by atoms with E-state index in [1.165, 1.54) is 42.4 Å². The third-order valence-electron chi connectivity index (χ3n) is 3.98. The molecule has 1 aromatic carbocycles. The minimum Gasteiger partial charge on any atom is -0.508 e. The number of hydrogen-bond donors (Lipinski definition) is 2. The average molecular weight is 217 g/mol. The van der Waals surface area contributed by atoms with Crippen molar-refractivity contribution in [1.82, 2.24) is 5.32 Å². The molecule has 1 aliphatic carbocycles. The van der Waals surface area contributed by atoms with E-state index in [0.29, 0.717) is 11.8 Å². The standard InChI is InChI=1S/C14H19NO/c16-14-8-7-11(13-6-3-9-15-13)10-4-1-2-5-12(10)14/h7-8,13,15-16H,1-6,9H2/t13-/m1/s1. The summed E-state index contributed by atoms with van der Waals surface area (Å²) in [5.74, 6) is 0.511. The summed E-state index contributed by atoms with van der Waals surface area (Å²) in [6, 6.07) is 4.55. The van der Waals surface area contributed by atoms with E-state index in [4.69, 9.17) is 0 Å². The van der Waals surface area contributed by atoms with Crippen molar-refractivity contribution in [2.75, 3.05) is 6.54 Å². The molecule has 0 saturated carbocycles. The van der Waals surface area contributed by atoms with Gasteiger partial charge in [-0.2, -0.15) is 0 Å². The van der Waals surface area contributed by atoms with Crippen LogP contribution >= 0.6 is 0 Å². The number of rotatable bonds is 1. The van der Waals surface area contributed by atoms with Gasteiger partial charge in [-0.25, -0.2) is 0 Å². The molecule has 86 valence electrons. The Kier molecular flexibility index (Phi) is 2.60. The summed E-state index contributed by atoms with van der Waals surface area (Å²) in [6.45, 7) is 1.14. The Labute approximate surface area is 96.7 Å². The second-order valence-electron chi connectivity index (χ2n) is 4.99. The molecule has 0 amide bonds. The van der Waals surface area contributed by atoms with Crippen molar-refractivity contribution in [3.8, 4) is 5.75 Å². The fraction of sp³-hybridized carbons (Fsp3) is 0.571. The lowest BCUT2D eigenvalue weighted by Crippen LogP contribution is -2.17. The molecular formula is C14H19NO. The maximum Gasteiger partial charge on any atom is 0.119 e. The molecule has 1 fully saturated rings. The molecule has 2 aliphatic rings. The van der Waals surface area contributed by atoms with Crippen molar-refractivity contribution in [1.29, 1.82) is 0 Å². The first-order valence-corrected chi connectivity index (χ1v) is 6.43. The Bertz CT molecular complexity index is 394. The largest absolute Gasteiger partial charge is 0.508 e. The molecule has 2 N–H and O–H groups in total. The van der Waals surface area contributed by atoms with Crippen LogP contribution in [0.4, 0.5) is 0 Å². The molecular weight excluding hydrogens is 198 g/mol. The summed E-state index contributed by atoms with van der Waals surface area (Å²) in [5.41, 5.74) is 4.10. The number of aromatic hydroxyl groups is 1. The Morgan fingerprint density at radius 1 is 1.06 bits per heavy atom. The van der Waals surface area contributed by atoms with Gasteiger partial charge >= 0.3 is 0 Å². The van der Waals surface area contributed by atoms with E-state index in [9.17, 15) is 5.11 Å². The predicted molar refractivity (Wildman–Crippen MR) is 64.7 cm³/mol. The third kappa shape index (κ3) is 1.61. The van der Waals surface area contributed by atoms with E-state index in [2.05, 4.69) is 11.4 Å². The summed E-state index contributed by atoms with van der Waals surface area (Å²) in [7, 11) is 0. The first-order valence-electron chi connectivity index (χ1n) is 6.43. The van der Waals surface area contributed by atoms with Gasteiger partial charge in [-0.05, 0) is 67.8 Å². The van der Waals surface area contributed by atoms with Crippen LogP contribution in [0.25, 0.3) is 0 Å². The van der Waals surface area contributed by atoms with Crippen molar-refractivity contribution < 1.29 is 5.11 Å². The zero-order valence-corrected chi connectivity index (χ0v) is 9.63. The maximum absolute atomic E-state index is 9.90. The molecule has 0 radical (unpaired) electrons. The highest BCUT2D eigenvalue weighted by Gasteiger charge is 2.23. The molecule has 0 aromatic heterocycles. The lowest BCUT2D eigenvalue weighted by atomic mass is 9.85. The van der Waals surface area contributed by atoms with Gasteiger partial charge in [0.25, 0.3) is 0 Å². The third-order valence-corrected chi connectivity index (χ3v) is 3.98. The Morgan fingerprint density at radius 3 is 2.62 bits per heavy atom. The van der Waals surface area contributed by atoms with Crippen LogP contribution in [0.15, 0.2) is 12.1 Å². The topological polar surface area (TPSA) is 32.3 Å². The first-order chi connectivity index (χ1) is 7.86. The van der Waals surface area contributed by atoms with Gasteiger partial charge in [0.2, 0.25) is 0 Å². The molecule has 1 saturated heterocycles. The molecule has 0 unspecified atom stereocenters. The fourth-order valence-corrected chi connectivity index (χ4v) is 3.15. The molecule has 0 spiro atoms. The highest BCUT2D eigenvalue weighted by atomic mass is 16.3. The van der Waals surface area contributed by atoms with Crippen molar-refractivity contribution in [3.05, 3.63) is 28.8 Å². The maximum atomic E-state index is 9.90. The van der Waals surface area contributed by atoms with Gasteiger partial charge in [-0.1, -0.05) is 6.07 Å². The van der Waals surface area contributed by atoms with Crippen molar-refractivity contribution >= 4 is 0 Å². The molecule has 1 aliphatic heterocycles. The van der Waals surface area contributed by atoms with Crippen LogP contribution in [-0.2, 0) is 12.8 Å². The van der Waals surface area contributed by atoms with E-state index in [1.807, 2.05) is 6.07 Å². The highest BCUT2D eigenvalue weighted by molar-refractivity contribution is 5.47. The van der Waals surface area contributed by atoms with Crippen molar-refractivity contribution in [3.63, 3.8) is 0 Å². The monoisotopic (exact) mass is 217 g/mol. The molecule has 1 aromatic rings. The molecule has 0 bridgehead atoms. The Morgan fingerprint density at radius 2 is 1.88 bits per heavy atom. The number of phenols is 1. The van der Waals surface area contributed by atoms with Crippen LogP contribution in [0.5, 0.6) is 5.75 Å². The quantitative estimate of drug-likeness (QED) is 0.758. The molecule has 2 heteroatoms. The molecule has 1 atom stereocenters. The summed E-state index contributed by atoms with van der Waals surface area (Å²) < 4.78 is 0. The number of benzene rings is 1. The SMILES string of the molecule is Oc1ccc([C@H]2CCCN2)c2c1CCCC2. The van der Waals surface area contributed by atoms with Gasteiger partial charge < -0.3 is 10.4 Å².